The van der Waals surface area contributed by atoms with Crippen molar-refractivity contribution in [3.8, 4) is 89.4 Å². The third-order valence-electron chi connectivity index (χ3n) is 22.8. The molecule has 0 saturated heterocycles. The number of ether oxygens (including phenoxy) is 1. The molecular weight excluding hydrogens is 1420 g/mol. The lowest BCUT2D eigenvalue weighted by Crippen LogP contribution is -2.65. The lowest BCUT2D eigenvalue weighted by molar-refractivity contribution is 0.491. The van der Waals surface area contributed by atoms with Crippen molar-refractivity contribution in [2.24, 2.45) is 0 Å². The summed E-state index contributed by atoms with van der Waals surface area (Å²) in [7, 11) is 0. The molecule has 15 aromatic carbocycles. The van der Waals surface area contributed by atoms with Crippen molar-refractivity contribution in [1.82, 2.24) is 0 Å². The summed E-state index contributed by atoms with van der Waals surface area (Å²) >= 11 is 15.4. The van der Waals surface area contributed by atoms with E-state index < -0.39 is 136 Å². The highest BCUT2D eigenvalue weighted by atomic mass is 35.5. The van der Waals surface area contributed by atoms with Crippen molar-refractivity contribution >= 4 is 121 Å². The predicted octanol–water partition coefficient (Wildman–Crippen LogP) is 26.3. The largest absolute Gasteiger partial charge is 0.459 e. The molecule has 0 aliphatic carbocycles. The third-order valence-corrected chi connectivity index (χ3v) is 23.2. The minimum atomic E-state index is -1.75. The first kappa shape index (κ1) is 57.3. The Bertz CT molecular complexity index is 7080. The van der Waals surface area contributed by atoms with Crippen LogP contribution in [-0.4, -0.2) is 13.4 Å². The molecule has 0 radical (unpaired) electrons. The molecule has 4 aliphatic rings. The van der Waals surface area contributed by atoms with Gasteiger partial charge in [0.2, 0.25) is 0 Å². The number of halogens is 2. The van der Waals surface area contributed by atoms with E-state index in [4.69, 9.17) is 32.1 Å². The van der Waals surface area contributed by atoms with Crippen LogP contribution in [0.4, 0.5) is 51.2 Å². The number of fused-ring (bicyclic) bond motifs is 9. The minimum Gasteiger partial charge on any atom is -0.459 e. The van der Waals surface area contributed by atoms with E-state index in [1.165, 1.54) is 0 Å². The first-order valence-electron chi connectivity index (χ1n) is 46.4. The molecule has 0 saturated carbocycles. The Balaban J connectivity index is 1.12. The molecule has 554 valence electrons. The quantitative estimate of drug-likeness (QED) is 0.127. The monoisotopic (exact) mass is 1530 g/mol. The van der Waals surface area contributed by atoms with Gasteiger partial charge >= 0.3 is 0 Å². The molecule has 0 bridgehead atoms. The van der Waals surface area contributed by atoms with E-state index in [2.05, 4.69) is 190 Å². The van der Waals surface area contributed by atoms with Crippen LogP contribution in [0.25, 0.3) is 77.9 Å². The van der Waals surface area contributed by atoms with Crippen molar-refractivity contribution in [2.75, 3.05) is 14.7 Å². The van der Waals surface area contributed by atoms with E-state index in [9.17, 15) is 16.4 Å². The highest BCUT2D eigenvalue weighted by Crippen LogP contribution is 2.59. The summed E-state index contributed by atoms with van der Waals surface area (Å²) in [6.45, 7) is 22.6. The maximum atomic E-state index is 12.8. The van der Waals surface area contributed by atoms with Gasteiger partial charge in [-0.3, -0.25) is 0 Å². The van der Waals surface area contributed by atoms with Crippen LogP contribution in [0.2, 0.25) is 10.0 Å². The second kappa shape index (κ2) is 27.5. The van der Waals surface area contributed by atoms with Gasteiger partial charge in [0, 0.05) is 77.6 Å². The predicted molar refractivity (Wildman–Crippen MR) is 489 cm³/mol. The molecule has 4 aliphatic heterocycles. The zero-order valence-corrected chi connectivity index (χ0v) is 67.1. The summed E-state index contributed by atoms with van der Waals surface area (Å²) < 4.78 is 165. The van der Waals surface area contributed by atoms with E-state index in [0.717, 1.165) is 55.6 Å². The second-order valence-electron chi connectivity index (χ2n) is 34.2. The van der Waals surface area contributed by atoms with Crippen LogP contribution < -0.4 is 52.2 Å². The fraction of sp³-hybridized carbons (Fsp3) is 0.151. The molecule has 114 heavy (non-hydrogen) atoms. The van der Waals surface area contributed by atoms with Gasteiger partial charge in [-0.1, -0.05) is 343 Å². The van der Waals surface area contributed by atoms with Crippen molar-refractivity contribution < 1.29 is 25.3 Å². The Morgan fingerprint density at radius 3 is 0.947 bits per heavy atom. The van der Waals surface area contributed by atoms with Gasteiger partial charge in [0.25, 0.3) is 13.4 Å². The number of hydrogen-bond acceptors (Lipinski definition) is 4. The van der Waals surface area contributed by atoms with Gasteiger partial charge in [-0.2, -0.15) is 0 Å². The van der Waals surface area contributed by atoms with Crippen LogP contribution in [-0.2, 0) is 21.7 Å². The molecule has 4 heterocycles. The number of hydrogen-bond donors (Lipinski definition) is 0. The third kappa shape index (κ3) is 12.3. The van der Waals surface area contributed by atoms with Crippen LogP contribution in [0.1, 0.15) is 126 Å². The molecule has 15 aromatic rings. The molecule has 0 amide bonds. The van der Waals surface area contributed by atoms with E-state index in [0.29, 0.717) is 67.3 Å². The summed E-state index contributed by atoms with van der Waals surface area (Å²) in [6, 6.07) is 68.1. The van der Waals surface area contributed by atoms with Crippen LogP contribution in [0, 0.1) is 0 Å². The van der Waals surface area contributed by atoms with Gasteiger partial charge in [-0.05, 0) is 206 Å². The number of benzene rings is 15. The maximum Gasteiger partial charge on any atom is 0.256 e. The van der Waals surface area contributed by atoms with E-state index in [-0.39, 0.29) is 72.9 Å². The van der Waals surface area contributed by atoms with Crippen LogP contribution >= 0.6 is 23.2 Å². The van der Waals surface area contributed by atoms with Gasteiger partial charge in [0.15, 0.2) is 0 Å². The van der Waals surface area contributed by atoms with Crippen molar-refractivity contribution in [2.45, 2.75) is 105 Å². The topological polar surface area (TPSA) is 19.0 Å². The molecule has 0 N–H and O–H groups in total. The smallest absolute Gasteiger partial charge is 0.256 e. The zero-order chi connectivity index (χ0) is 91.5. The summed E-state index contributed by atoms with van der Waals surface area (Å²) in [5.41, 5.74) is 11.8. The number of rotatable bonds is 10. The van der Waals surface area contributed by atoms with Gasteiger partial charge in [-0.15, -0.1) is 0 Å². The Morgan fingerprint density at radius 1 is 0.281 bits per heavy atom. The Hall–Kier alpha value is -11.8. The highest BCUT2D eigenvalue weighted by molar-refractivity contribution is 7.03. The summed E-state index contributed by atoms with van der Waals surface area (Å²) in [4.78, 5) is 6.03. The minimum absolute atomic E-state index is 0.00708. The molecule has 0 spiro atoms. The van der Waals surface area contributed by atoms with E-state index >= 15 is 0 Å². The summed E-state index contributed by atoms with van der Waals surface area (Å²) in [5, 5.41) is -0.764. The van der Waals surface area contributed by atoms with Gasteiger partial charge in [0.1, 0.15) is 11.5 Å². The summed E-state index contributed by atoms with van der Waals surface area (Å²) in [6.07, 6.45) is 0. The first-order valence-corrected chi connectivity index (χ1v) is 39.6. The highest BCUT2D eigenvalue weighted by Gasteiger charge is 2.53. The summed E-state index contributed by atoms with van der Waals surface area (Å²) in [5.74, 6) is -0.572. The average molecular weight is 1530 g/mol. The average Bonchev–Trinajstić information content (AvgIpc) is 0.656. The molecule has 0 aromatic heterocycles. The van der Waals surface area contributed by atoms with Gasteiger partial charge in [0.05, 0.1) is 37.6 Å². The van der Waals surface area contributed by atoms with Crippen molar-refractivity contribution in [3.05, 3.63) is 353 Å². The van der Waals surface area contributed by atoms with Gasteiger partial charge in [-0.25, -0.2) is 0 Å². The molecule has 0 atom stereocenters. The molecule has 4 nitrogen and oxygen atoms in total. The van der Waals surface area contributed by atoms with E-state index in [1.807, 2.05) is 138 Å². The molecule has 0 fully saturated rings. The molecule has 0 unspecified atom stereocenters. The second-order valence-corrected chi connectivity index (χ2v) is 35.0. The SMILES string of the molecule is [2H]c1c([2H])c([2H])c(-c2c([2H])c([2H])c3c(c2[2H])B2c4c([2H])c([2H])c(Cl)c([2H])c4N(c4c(-c5ccccc5)cc(C(C)(C)C)cc4-c4ccccc4)c4c([2H])c5c(c(c42)O3)B2c3c(cc(C(C)(C)C)cc3N5c3c(-c4ccccc4)cc(C(C)(C)C)cc3-c3ccccc3)N(c3c(-c4ccccc4)cc(C(C)(C)C)cc3-c3ccccc3)c3c([2H])c(Cl)c([2H])c([2H])c32)c([2H])c1[2H]. The fourth-order valence-electron chi connectivity index (χ4n) is 17.0. The Morgan fingerprint density at radius 2 is 0.596 bits per heavy atom. The molecular formula is C106H89B2Cl2N3O. The molecule has 8 heteroatoms. The standard InChI is InChI=1S/C106H89B2Cl2N3O/c1-103(2,3)74-55-80(67-36-22-14-23-37-67)99(81(56-74)68-38-24-15-25-39-68)111-90-64-79(110)50-52-87(90)108-96-91(111)61-77(106(10,11)12)62-92(96)113(101-84(71-44-30-18-31-45-71)59-76(105(7,8)9)60-85(101)72-46-32-19-33-47-72)94-65-93-97-102(98(94)108)114-95-53-48-73(66-34-20-13-21-35-66)54-88(95)107(97)86-51-49-78(109)63-89(86)112(93)100-82(69-40-26-16-27-41-69)57-75(104(4,5)6)58-83(100)70-42-28-17-29-43-70/h13-65H,1-12H3/i13D,20D,21D,34D,35D,48D,49D,50D,51D,52D,53D,54D,63D,64D,65D. The maximum absolute atomic E-state index is 12.8. The zero-order valence-electron chi connectivity index (χ0n) is 80.6. The normalized spacial score (nSPS) is 15.2. The van der Waals surface area contributed by atoms with Gasteiger partial charge < -0.3 is 19.4 Å². The lowest BCUT2D eigenvalue weighted by Gasteiger charge is -2.49. The fourth-order valence-corrected chi connectivity index (χ4v) is 17.3. The number of nitrogens with zero attached hydrogens (tertiary/aromatic N) is 3. The van der Waals surface area contributed by atoms with Crippen LogP contribution in [0.15, 0.2) is 321 Å². The lowest BCUT2D eigenvalue weighted by atomic mass is 9.30. The Kier molecular flexibility index (Phi) is 13.8. The Labute approximate surface area is 704 Å². The van der Waals surface area contributed by atoms with Crippen molar-refractivity contribution in [3.63, 3.8) is 0 Å². The first-order chi connectivity index (χ1) is 61.2. The van der Waals surface area contributed by atoms with Crippen LogP contribution in [0.5, 0.6) is 11.5 Å². The number of anilines is 9. The van der Waals surface area contributed by atoms with Crippen molar-refractivity contribution in [1.29, 1.82) is 0 Å². The molecule has 19 rings (SSSR count). The van der Waals surface area contributed by atoms with E-state index in [1.54, 1.807) is 0 Å². The van der Waals surface area contributed by atoms with Crippen LogP contribution in [0.3, 0.4) is 0 Å².